The number of morpholine rings is 1. The van der Waals surface area contributed by atoms with Gasteiger partial charge in [-0.15, -0.1) is 0 Å². The fraction of sp³-hybridized carbons (Fsp3) is 0.391. The summed E-state index contributed by atoms with van der Waals surface area (Å²) in [6.45, 7) is 4.51. The molecule has 1 aromatic heterocycles. The summed E-state index contributed by atoms with van der Waals surface area (Å²) in [5.74, 6) is -1.33. The molecule has 4 rings (SSSR count). The van der Waals surface area contributed by atoms with E-state index in [0.29, 0.717) is 34.4 Å². The molecule has 1 aromatic carbocycles. The largest absolute Gasteiger partial charge is 0.480 e. The molecule has 12 heteroatoms. The number of ether oxygens (including phenoxy) is 2. The molecule has 2 aliphatic rings. The number of benzene rings is 1. The number of thiazole rings is 1. The lowest BCUT2D eigenvalue weighted by Crippen LogP contribution is -2.52. The Morgan fingerprint density at radius 2 is 2.23 bits per heavy atom. The van der Waals surface area contributed by atoms with Crippen molar-refractivity contribution in [1.82, 2.24) is 15.2 Å². The molecular weight excluding hydrogens is 499 g/mol. The summed E-state index contributed by atoms with van der Waals surface area (Å²) in [7, 11) is 0. The Labute approximate surface area is 210 Å². The van der Waals surface area contributed by atoms with Gasteiger partial charge in [-0.05, 0) is 37.1 Å². The van der Waals surface area contributed by atoms with Crippen LogP contribution in [0, 0.1) is 12.1 Å². The van der Waals surface area contributed by atoms with E-state index >= 15 is 0 Å². The standard InChI is InChI=1S/C23H24ClFN4O5S/c1-3-34-23(32)18-15(10-29-6-7-33-11-16(29)22(30)31)27-20(21-26-9-17(25)35-21)28-19(18)14-5-4-13(24)8-12(14)2/h4-5,8-9,16,19H,3,6-7,10-11H2,1-2H3,(H,27,28)(H,30,31). The average molecular weight is 523 g/mol. The predicted octanol–water partition coefficient (Wildman–Crippen LogP) is 2.94. The second kappa shape index (κ2) is 10.8. The van der Waals surface area contributed by atoms with Crippen molar-refractivity contribution >= 4 is 40.7 Å². The number of aliphatic carboxylic acids is 1. The summed E-state index contributed by atoms with van der Waals surface area (Å²) in [5.41, 5.74) is 2.17. The Hall–Kier alpha value is -2.86. The van der Waals surface area contributed by atoms with Gasteiger partial charge in [-0.1, -0.05) is 29.0 Å². The molecule has 2 unspecified atom stereocenters. The third-order valence-electron chi connectivity index (χ3n) is 5.71. The smallest absolute Gasteiger partial charge is 0.338 e. The first-order chi connectivity index (χ1) is 16.8. The van der Waals surface area contributed by atoms with E-state index in [0.717, 1.165) is 23.1 Å². The minimum Gasteiger partial charge on any atom is -0.480 e. The van der Waals surface area contributed by atoms with Gasteiger partial charge in [0.05, 0.1) is 31.6 Å². The molecule has 2 atom stereocenters. The van der Waals surface area contributed by atoms with Crippen LogP contribution in [0.1, 0.15) is 29.1 Å². The van der Waals surface area contributed by atoms with Crippen LogP contribution in [0.25, 0.3) is 0 Å². The number of carbonyl (C=O) groups excluding carboxylic acids is 1. The molecule has 1 saturated heterocycles. The van der Waals surface area contributed by atoms with Crippen LogP contribution < -0.4 is 5.32 Å². The van der Waals surface area contributed by atoms with Crippen molar-refractivity contribution in [3.05, 3.63) is 62.0 Å². The van der Waals surface area contributed by atoms with Gasteiger partial charge in [0.15, 0.2) is 16.0 Å². The summed E-state index contributed by atoms with van der Waals surface area (Å²) in [5, 5.41) is 13.2. The van der Waals surface area contributed by atoms with E-state index in [9.17, 15) is 19.1 Å². The number of hydrogen-bond acceptors (Lipinski definition) is 9. The van der Waals surface area contributed by atoms with E-state index in [-0.39, 0.29) is 31.2 Å². The van der Waals surface area contributed by atoms with Gasteiger partial charge in [-0.2, -0.15) is 4.39 Å². The molecule has 1 fully saturated rings. The summed E-state index contributed by atoms with van der Waals surface area (Å²) >= 11 is 6.97. The lowest BCUT2D eigenvalue weighted by atomic mass is 9.92. The number of aromatic nitrogens is 1. The van der Waals surface area contributed by atoms with Crippen molar-refractivity contribution in [2.75, 3.05) is 32.9 Å². The zero-order valence-electron chi connectivity index (χ0n) is 19.1. The molecule has 0 saturated carbocycles. The highest BCUT2D eigenvalue weighted by atomic mass is 35.5. The quantitative estimate of drug-likeness (QED) is 0.534. The lowest BCUT2D eigenvalue weighted by Gasteiger charge is -2.35. The number of amidine groups is 1. The van der Waals surface area contributed by atoms with Crippen LogP contribution in [-0.4, -0.2) is 71.7 Å². The summed E-state index contributed by atoms with van der Waals surface area (Å²) < 4.78 is 24.5. The van der Waals surface area contributed by atoms with E-state index in [1.807, 2.05) is 6.92 Å². The molecule has 2 N–H and O–H groups in total. The number of carbonyl (C=O) groups is 2. The number of halogens is 2. The second-order valence-corrected chi connectivity index (χ2v) is 9.41. The monoisotopic (exact) mass is 522 g/mol. The Kier molecular flexibility index (Phi) is 7.80. The van der Waals surface area contributed by atoms with E-state index < -0.39 is 29.2 Å². The third kappa shape index (κ3) is 5.53. The van der Waals surface area contributed by atoms with Crippen LogP contribution in [0.4, 0.5) is 4.39 Å². The second-order valence-electron chi connectivity index (χ2n) is 7.99. The Morgan fingerprint density at radius 3 is 2.89 bits per heavy atom. The van der Waals surface area contributed by atoms with Crippen molar-refractivity contribution in [2.24, 2.45) is 4.99 Å². The number of aryl methyl sites for hydroxylation is 1. The van der Waals surface area contributed by atoms with Crippen LogP contribution in [0.3, 0.4) is 0 Å². The summed E-state index contributed by atoms with van der Waals surface area (Å²) in [4.78, 5) is 35.6. The molecular formula is C23H24ClFN4O5S. The van der Waals surface area contributed by atoms with Crippen LogP contribution in [0.5, 0.6) is 0 Å². The topological polar surface area (TPSA) is 113 Å². The number of rotatable bonds is 7. The first kappa shape index (κ1) is 25.2. The molecule has 186 valence electrons. The van der Waals surface area contributed by atoms with E-state index in [1.165, 1.54) is 0 Å². The first-order valence-corrected chi connectivity index (χ1v) is 12.1. The van der Waals surface area contributed by atoms with Crippen molar-refractivity contribution in [2.45, 2.75) is 25.9 Å². The third-order valence-corrected chi connectivity index (χ3v) is 6.74. The highest BCUT2D eigenvalue weighted by Crippen LogP contribution is 2.36. The highest BCUT2D eigenvalue weighted by molar-refractivity contribution is 7.12. The van der Waals surface area contributed by atoms with Gasteiger partial charge >= 0.3 is 11.9 Å². The van der Waals surface area contributed by atoms with Gasteiger partial charge in [-0.25, -0.2) is 9.78 Å². The summed E-state index contributed by atoms with van der Waals surface area (Å²) in [6, 6.07) is 3.56. The van der Waals surface area contributed by atoms with Crippen LogP contribution in [0.2, 0.25) is 5.02 Å². The molecule has 0 amide bonds. The van der Waals surface area contributed by atoms with Gasteiger partial charge in [0.25, 0.3) is 0 Å². The predicted molar refractivity (Wildman–Crippen MR) is 128 cm³/mol. The molecule has 2 aromatic rings. The minimum absolute atomic E-state index is 0.0235. The SMILES string of the molecule is CCOC(=O)C1=C(CN2CCOCC2C(=O)O)NC(c2ncc(F)s2)=NC1c1ccc(Cl)cc1C. The molecule has 0 radical (unpaired) electrons. The number of nitrogens with one attached hydrogen (secondary N) is 1. The van der Waals surface area contributed by atoms with E-state index in [4.69, 9.17) is 26.1 Å². The number of hydrogen-bond donors (Lipinski definition) is 2. The zero-order valence-corrected chi connectivity index (χ0v) is 20.7. The maximum Gasteiger partial charge on any atom is 0.338 e. The maximum atomic E-state index is 13.8. The zero-order chi connectivity index (χ0) is 25.1. The first-order valence-electron chi connectivity index (χ1n) is 11.0. The van der Waals surface area contributed by atoms with Gasteiger partial charge in [0, 0.05) is 23.8 Å². The maximum absolute atomic E-state index is 13.8. The average Bonchev–Trinajstić information content (AvgIpc) is 3.25. The fourth-order valence-corrected chi connectivity index (χ4v) is 4.89. The number of aliphatic imine (C=N–C) groups is 1. The van der Waals surface area contributed by atoms with Gasteiger partial charge in [-0.3, -0.25) is 14.7 Å². The van der Waals surface area contributed by atoms with Crippen LogP contribution >= 0.6 is 22.9 Å². The number of carboxylic acids is 1. The molecule has 0 bridgehead atoms. The molecule has 0 aliphatic carbocycles. The molecule has 0 spiro atoms. The minimum atomic E-state index is -1.03. The lowest BCUT2D eigenvalue weighted by molar-refractivity contribution is -0.149. The fourth-order valence-electron chi connectivity index (χ4n) is 4.07. The van der Waals surface area contributed by atoms with Crippen molar-refractivity contribution in [1.29, 1.82) is 0 Å². The molecule has 3 heterocycles. The van der Waals surface area contributed by atoms with E-state index in [2.05, 4.69) is 10.3 Å². The van der Waals surface area contributed by atoms with Gasteiger partial charge < -0.3 is 19.9 Å². The number of nitrogens with zero attached hydrogens (tertiary/aromatic N) is 3. The Morgan fingerprint density at radius 1 is 1.43 bits per heavy atom. The van der Waals surface area contributed by atoms with Gasteiger partial charge in [0.2, 0.25) is 0 Å². The van der Waals surface area contributed by atoms with Crippen molar-refractivity contribution < 1.29 is 28.6 Å². The highest BCUT2D eigenvalue weighted by Gasteiger charge is 2.37. The molecule has 2 aliphatic heterocycles. The number of carboxylic acid groups (broad SMARTS) is 1. The number of esters is 1. The molecule has 35 heavy (non-hydrogen) atoms. The Balaban J connectivity index is 1.84. The van der Waals surface area contributed by atoms with Crippen LogP contribution in [-0.2, 0) is 19.1 Å². The van der Waals surface area contributed by atoms with Crippen molar-refractivity contribution in [3.63, 3.8) is 0 Å². The van der Waals surface area contributed by atoms with Crippen molar-refractivity contribution in [3.8, 4) is 0 Å². The van der Waals surface area contributed by atoms with Gasteiger partial charge in [0.1, 0.15) is 12.1 Å². The normalized spacial score (nSPS) is 20.9. The van der Waals surface area contributed by atoms with Crippen LogP contribution in [0.15, 0.2) is 40.7 Å². The Bertz CT molecular complexity index is 1200. The summed E-state index contributed by atoms with van der Waals surface area (Å²) in [6.07, 6.45) is 1.10. The van der Waals surface area contributed by atoms with E-state index in [1.54, 1.807) is 30.0 Å². The molecule has 9 nitrogen and oxygen atoms in total.